The molecule has 7 heteroatoms. The average molecular weight is 407 g/mol. The fourth-order valence-electron chi connectivity index (χ4n) is 3.27. The van der Waals surface area contributed by atoms with Crippen molar-refractivity contribution in [3.63, 3.8) is 0 Å². The van der Waals surface area contributed by atoms with Gasteiger partial charge in [-0.1, -0.05) is 50.2 Å². The van der Waals surface area contributed by atoms with Gasteiger partial charge < -0.3 is 10.1 Å². The Hall–Kier alpha value is -3.48. The predicted octanol–water partition coefficient (Wildman–Crippen LogP) is 2.77. The molecule has 1 N–H and O–H groups in total. The molecule has 1 amide bonds. The minimum atomic E-state index is -0.762. The van der Waals surface area contributed by atoms with E-state index in [2.05, 4.69) is 10.4 Å². The number of esters is 1. The molecule has 0 spiro atoms. The molecule has 0 aliphatic rings. The topological polar surface area (TPSA) is 90.3 Å². The summed E-state index contributed by atoms with van der Waals surface area (Å²) in [5.74, 6) is -0.801. The average Bonchev–Trinajstić information content (AvgIpc) is 2.73. The molecule has 0 aliphatic carbocycles. The number of fused-ring (bicyclic) bond motifs is 1. The van der Waals surface area contributed by atoms with Gasteiger partial charge in [0.2, 0.25) is 5.91 Å². The second kappa shape index (κ2) is 9.35. The van der Waals surface area contributed by atoms with Crippen molar-refractivity contribution < 1.29 is 14.3 Å². The van der Waals surface area contributed by atoms with Crippen molar-refractivity contribution >= 4 is 22.6 Å². The molecule has 0 aliphatic heterocycles. The standard InChI is InChI=1S/C23H25N3O4/c1-15(2)12-20(23(29)30-3)24-21(27)14-26-22(28)11-10-19(25-26)18-9-8-16-6-4-5-7-17(16)13-18/h4-11,13,15,20H,12,14H2,1-3H3,(H,24,27). The Bertz CT molecular complexity index is 1120. The molecule has 1 heterocycles. The molecule has 7 nitrogen and oxygen atoms in total. The van der Waals surface area contributed by atoms with Gasteiger partial charge in [0, 0.05) is 11.6 Å². The maximum atomic E-state index is 12.5. The minimum Gasteiger partial charge on any atom is -0.467 e. The van der Waals surface area contributed by atoms with Gasteiger partial charge in [0.05, 0.1) is 12.8 Å². The lowest BCUT2D eigenvalue weighted by molar-refractivity contribution is -0.145. The summed E-state index contributed by atoms with van der Waals surface area (Å²) in [5, 5.41) is 9.16. The molecule has 0 saturated carbocycles. The van der Waals surface area contributed by atoms with Crippen molar-refractivity contribution in [3.05, 3.63) is 65.0 Å². The second-order valence-corrected chi connectivity index (χ2v) is 7.55. The quantitative estimate of drug-likeness (QED) is 0.608. The number of amides is 1. The van der Waals surface area contributed by atoms with Gasteiger partial charge in [0.1, 0.15) is 12.6 Å². The summed E-state index contributed by atoms with van der Waals surface area (Å²) in [6.07, 6.45) is 0.442. The van der Waals surface area contributed by atoms with Crippen LogP contribution in [0.4, 0.5) is 0 Å². The zero-order valence-corrected chi connectivity index (χ0v) is 17.3. The highest BCUT2D eigenvalue weighted by molar-refractivity contribution is 5.87. The summed E-state index contributed by atoms with van der Waals surface area (Å²) in [5.41, 5.74) is 1.03. The first-order valence-corrected chi connectivity index (χ1v) is 9.82. The highest BCUT2D eigenvalue weighted by atomic mass is 16.5. The highest BCUT2D eigenvalue weighted by Gasteiger charge is 2.23. The van der Waals surface area contributed by atoms with E-state index in [0.29, 0.717) is 12.1 Å². The van der Waals surface area contributed by atoms with Crippen molar-refractivity contribution in [1.29, 1.82) is 0 Å². The zero-order chi connectivity index (χ0) is 21.7. The Labute approximate surface area is 174 Å². The van der Waals surface area contributed by atoms with Crippen LogP contribution in [0, 0.1) is 5.92 Å². The van der Waals surface area contributed by atoms with Gasteiger partial charge in [-0.3, -0.25) is 9.59 Å². The van der Waals surface area contributed by atoms with Crippen molar-refractivity contribution in [1.82, 2.24) is 15.1 Å². The lowest BCUT2D eigenvalue weighted by Crippen LogP contribution is -2.44. The minimum absolute atomic E-state index is 0.187. The maximum absolute atomic E-state index is 12.5. The number of methoxy groups -OCH3 is 1. The van der Waals surface area contributed by atoms with Crippen LogP contribution in [0.3, 0.4) is 0 Å². The first-order chi connectivity index (χ1) is 14.4. The summed E-state index contributed by atoms with van der Waals surface area (Å²) in [4.78, 5) is 36.6. The van der Waals surface area contributed by atoms with Crippen LogP contribution in [0.1, 0.15) is 20.3 Å². The number of rotatable bonds is 7. The Morgan fingerprint density at radius 3 is 2.50 bits per heavy atom. The normalized spacial score (nSPS) is 12.0. The molecule has 30 heavy (non-hydrogen) atoms. The molecule has 3 aromatic rings. The molecule has 1 unspecified atom stereocenters. The third kappa shape index (κ3) is 5.11. The van der Waals surface area contributed by atoms with Crippen LogP contribution in [0.15, 0.2) is 59.4 Å². The van der Waals surface area contributed by atoms with E-state index in [1.165, 1.54) is 13.2 Å². The summed E-state index contributed by atoms with van der Waals surface area (Å²) in [6, 6.07) is 16.1. The molecule has 1 aromatic heterocycles. The summed E-state index contributed by atoms with van der Waals surface area (Å²) >= 11 is 0. The second-order valence-electron chi connectivity index (χ2n) is 7.55. The van der Waals surface area contributed by atoms with E-state index < -0.39 is 23.5 Å². The number of nitrogens with one attached hydrogen (secondary N) is 1. The summed E-state index contributed by atoms with van der Waals surface area (Å²) < 4.78 is 5.86. The number of hydrogen-bond donors (Lipinski definition) is 1. The fourth-order valence-corrected chi connectivity index (χ4v) is 3.27. The van der Waals surface area contributed by atoms with Gasteiger partial charge in [-0.05, 0) is 35.2 Å². The molecule has 1 atom stereocenters. The van der Waals surface area contributed by atoms with Crippen LogP contribution in [0.2, 0.25) is 0 Å². The molecule has 0 saturated heterocycles. The van der Waals surface area contributed by atoms with Crippen molar-refractivity contribution in [2.45, 2.75) is 32.9 Å². The third-order valence-electron chi connectivity index (χ3n) is 4.73. The van der Waals surface area contributed by atoms with E-state index in [-0.39, 0.29) is 12.5 Å². The van der Waals surface area contributed by atoms with Gasteiger partial charge in [0.25, 0.3) is 5.56 Å². The number of hydrogen-bond acceptors (Lipinski definition) is 5. The van der Waals surface area contributed by atoms with Crippen molar-refractivity contribution in [3.8, 4) is 11.3 Å². The first-order valence-electron chi connectivity index (χ1n) is 9.82. The van der Waals surface area contributed by atoms with E-state index in [0.717, 1.165) is 21.0 Å². The monoisotopic (exact) mass is 407 g/mol. The van der Waals surface area contributed by atoms with Crippen molar-refractivity contribution in [2.75, 3.05) is 7.11 Å². The summed E-state index contributed by atoms with van der Waals surface area (Å²) in [6.45, 7) is 3.61. The van der Waals surface area contributed by atoms with Gasteiger partial charge in [-0.2, -0.15) is 5.10 Å². The molecule has 3 rings (SSSR count). The van der Waals surface area contributed by atoms with Crippen LogP contribution in [0.25, 0.3) is 22.0 Å². The SMILES string of the molecule is COC(=O)C(CC(C)C)NC(=O)Cn1nc(-c2ccc3ccccc3c2)ccc1=O. The lowest BCUT2D eigenvalue weighted by Gasteiger charge is -2.18. The third-order valence-corrected chi connectivity index (χ3v) is 4.73. The fraction of sp³-hybridized carbons (Fsp3) is 0.304. The van der Waals surface area contributed by atoms with Gasteiger partial charge in [-0.15, -0.1) is 0 Å². The Balaban J connectivity index is 1.81. The smallest absolute Gasteiger partial charge is 0.328 e. The van der Waals surface area contributed by atoms with Crippen LogP contribution < -0.4 is 10.9 Å². The van der Waals surface area contributed by atoms with Crippen LogP contribution in [-0.4, -0.2) is 34.8 Å². The molecular formula is C23H25N3O4. The molecular weight excluding hydrogens is 382 g/mol. The number of nitrogens with zero attached hydrogens (tertiary/aromatic N) is 2. The number of ether oxygens (including phenoxy) is 1. The van der Waals surface area contributed by atoms with E-state index in [1.54, 1.807) is 6.07 Å². The molecule has 156 valence electrons. The molecule has 0 fully saturated rings. The van der Waals surface area contributed by atoms with Gasteiger partial charge >= 0.3 is 5.97 Å². The zero-order valence-electron chi connectivity index (χ0n) is 17.3. The Morgan fingerprint density at radius 2 is 1.80 bits per heavy atom. The number of aromatic nitrogens is 2. The number of carbonyl (C=O) groups excluding carboxylic acids is 2. The van der Waals surface area contributed by atoms with Crippen LogP contribution >= 0.6 is 0 Å². The molecule has 2 aromatic carbocycles. The Morgan fingerprint density at radius 1 is 1.07 bits per heavy atom. The van der Waals surface area contributed by atoms with Crippen molar-refractivity contribution in [2.24, 2.45) is 5.92 Å². The largest absolute Gasteiger partial charge is 0.467 e. The van der Waals surface area contributed by atoms with E-state index >= 15 is 0 Å². The van der Waals surface area contributed by atoms with E-state index in [1.807, 2.05) is 56.3 Å². The molecule has 0 radical (unpaired) electrons. The van der Waals surface area contributed by atoms with Crippen LogP contribution in [0.5, 0.6) is 0 Å². The maximum Gasteiger partial charge on any atom is 0.328 e. The first kappa shape index (κ1) is 21.2. The van der Waals surface area contributed by atoms with Crippen LogP contribution in [-0.2, 0) is 20.9 Å². The predicted molar refractivity (Wildman–Crippen MR) is 115 cm³/mol. The lowest BCUT2D eigenvalue weighted by atomic mass is 10.0. The van der Waals surface area contributed by atoms with E-state index in [4.69, 9.17) is 4.74 Å². The number of carbonyl (C=O) groups is 2. The highest BCUT2D eigenvalue weighted by Crippen LogP contribution is 2.22. The van der Waals surface area contributed by atoms with E-state index in [9.17, 15) is 14.4 Å². The molecule has 0 bridgehead atoms. The number of benzene rings is 2. The Kier molecular flexibility index (Phi) is 6.61. The van der Waals surface area contributed by atoms with Gasteiger partial charge in [-0.25, -0.2) is 9.48 Å². The summed E-state index contributed by atoms with van der Waals surface area (Å²) in [7, 11) is 1.28. The van der Waals surface area contributed by atoms with Gasteiger partial charge in [0.15, 0.2) is 0 Å².